The maximum Gasteiger partial charge on any atom is 0.0620 e. The molecule has 0 unspecified atom stereocenters. The highest BCUT2D eigenvalue weighted by Crippen LogP contribution is 2.42. The second kappa shape index (κ2) is 6.58. The molecule has 2 nitrogen and oxygen atoms in total. The fourth-order valence-electron chi connectivity index (χ4n) is 4.50. The lowest BCUT2D eigenvalue weighted by Gasteiger charge is -2.45. The number of hydrogen-bond acceptors (Lipinski definition) is 2. The van der Waals surface area contributed by atoms with Crippen molar-refractivity contribution in [1.82, 2.24) is 4.90 Å². The zero-order valence-corrected chi connectivity index (χ0v) is 15.0. The molecular formula is C19H37NO. The summed E-state index contributed by atoms with van der Waals surface area (Å²) in [5.74, 6) is 2.57. The van der Waals surface area contributed by atoms with Gasteiger partial charge in [0.05, 0.1) is 5.60 Å². The Labute approximate surface area is 132 Å². The molecule has 2 rings (SSSR count). The van der Waals surface area contributed by atoms with Crippen molar-refractivity contribution in [3.05, 3.63) is 0 Å². The van der Waals surface area contributed by atoms with E-state index in [1.807, 2.05) is 6.92 Å². The van der Waals surface area contributed by atoms with E-state index in [1.165, 1.54) is 45.3 Å². The molecule has 0 bridgehead atoms. The quantitative estimate of drug-likeness (QED) is 0.835. The van der Waals surface area contributed by atoms with Crippen molar-refractivity contribution in [1.29, 1.82) is 0 Å². The number of hydrogen-bond donors (Lipinski definition) is 1. The Bertz CT molecular complexity index is 316. The van der Waals surface area contributed by atoms with Crippen molar-refractivity contribution in [2.45, 2.75) is 78.7 Å². The first kappa shape index (κ1) is 17.3. The Kier molecular flexibility index (Phi) is 5.41. The molecule has 0 atom stereocenters. The van der Waals surface area contributed by atoms with Crippen LogP contribution in [0.1, 0.15) is 73.1 Å². The summed E-state index contributed by atoms with van der Waals surface area (Å²) in [6, 6.07) is 0. The van der Waals surface area contributed by atoms with Gasteiger partial charge < -0.3 is 10.0 Å². The molecule has 0 spiro atoms. The van der Waals surface area contributed by atoms with Crippen molar-refractivity contribution in [3.63, 3.8) is 0 Å². The van der Waals surface area contributed by atoms with Crippen molar-refractivity contribution >= 4 is 0 Å². The van der Waals surface area contributed by atoms with Gasteiger partial charge in [-0.1, -0.05) is 27.7 Å². The first-order valence-corrected chi connectivity index (χ1v) is 9.14. The fraction of sp³-hybridized carbons (Fsp3) is 1.00. The van der Waals surface area contributed by atoms with Crippen molar-refractivity contribution in [2.24, 2.45) is 23.2 Å². The molecule has 21 heavy (non-hydrogen) atoms. The number of nitrogens with zero attached hydrogens (tertiary/aromatic N) is 1. The first-order valence-electron chi connectivity index (χ1n) is 9.14. The second-order valence-corrected chi connectivity index (χ2v) is 9.12. The normalized spacial score (nSPS) is 33.6. The van der Waals surface area contributed by atoms with Crippen molar-refractivity contribution in [3.8, 4) is 0 Å². The SMILES string of the molecule is CC(C)C1CCN(CC(C)(C)C2CCC(C)(O)CC2)CC1. The highest BCUT2D eigenvalue weighted by molar-refractivity contribution is 4.90. The Hall–Kier alpha value is -0.0800. The van der Waals surface area contributed by atoms with Crippen LogP contribution < -0.4 is 0 Å². The third-order valence-electron chi connectivity index (χ3n) is 6.37. The number of piperidine rings is 1. The molecule has 1 heterocycles. The number of aliphatic hydroxyl groups is 1. The molecule has 1 aliphatic heterocycles. The topological polar surface area (TPSA) is 23.5 Å². The van der Waals surface area contributed by atoms with Gasteiger partial charge in [0.15, 0.2) is 0 Å². The molecule has 1 saturated heterocycles. The van der Waals surface area contributed by atoms with Gasteiger partial charge in [-0.3, -0.25) is 0 Å². The maximum absolute atomic E-state index is 10.2. The summed E-state index contributed by atoms with van der Waals surface area (Å²) in [5.41, 5.74) is -0.0106. The van der Waals surface area contributed by atoms with Crippen molar-refractivity contribution < 1.29 is 5.11 Å². The van der Waals surface area contributed by atoms with E-state index in [2.05, 4.69) is 32.6 Å². The summed E-state index contributed by atoms with van der Waals surface area (Å²) in [5, 5.41) is 10.2. The third-order valence-corrected chi connectivity index (χ3v) is 6.37. The van der Waals surface area contributed by atoms with E-state index < -0.39 is 5.60 Å². The molecule has 1 aliphatic carbocycles. The summed E-state index contributed by atoms with van der Waals surface area (Å²) in [6.07, 6.45) is 7.12. The Balaban J connectivity index is 1.82. The molecule has 2 fully saturated rings. The molecule has 2 heteroatoms. The molecule has 0 radical (unpaired) electrons. The van der Waals surface area contributed by atoms with Crippen LogP contribution in [0.2, 0.25) is 0 Å². The van der Waals surface area contributed by atoms with Crippen molar-refractivity contribution in [2.75, 3.05) is 19.6 Å². The predicted octanol–water partition coefficient (Wildman–Crippen LogP) is 4.32. The third kappa shape index (κ3) is 4.69. The van der Waals surface area contributed by atoms with E-state index in [0.717, 1.165) is 30.6 Å². The first-order chi connectivity index (χ1) is 9.70. The molecule has 0 aromatic rings. The molecular weight excluding hydrogens is 258 g/mol. The number of rotatable bonds is 4. The largest absolute Gasteiger partial charge is 0.390 e. The highest BCUT2D eigenvalue weighted by atomic mass is 16.3. The smallest absolute Gasteiger partial charge is 0.0620 e. The molecule has 1 saturated carbocycles. The maximum atomic E-state index is 10.2. The Morgan fingerprint density at radius 2 is 1.62 bits per heavy atom. The summed E-state index contributed by atoms with van der Waals surface area (Å²) >= 11 is 0. The average Bonchev–Trinajstić information content (AvgIpc) is 2.38. The molecule has 2 aliphatic rings. The highest BCUT2D eigenvalue weighted by Gasteiger charge is 2.38. The van der Waals surface area contributed by atoms with Gasteiger partial charge in [0.2, 0.25) is 0 Å². The lowest BCUT2D eigenvalue weighted by atomic mass is 9.67. The van der Waals surface area contributed by atoms with Crippen LogP contribution in [-0.2, 0) is 0 Å². The second-order valence-electron chi connectivity index (χ2n) is 9.12. The van der Waals surface area contributed by atoms with Gasteiger partial charge in [0.1, 0.15) is 0 Å². The molecule has 1 N–H and O–H groups in total. The summed E-state index contributed by atoms with van der Waals surface area (Å²) < 4.78 is 0. The van der Waals surface area contributed by atoms with E-state index in [9.17, 15) is 5.11 Å². The molecule has 0 aromatic heterocycles. The lowest BCUT2D eigenvalue weighted by molar-refractivity contribution is -0.0216. The van der Waals surface area contributed by atoms with Crippen LogP contribution in [-0.4, -0.2) is 35.2 Å². The van der Waals surface area contributed by atoms with Gasteiger partial charge in [-0.25, -0.2) is 0 Å². The minimum Gasteiger partial charge on any atom is -0.390 e. The van der Waals surface area contributed by atoms with Gasteiger partial charge in [-0.15, -0.1) is 0 Å². The predicted molar refractivity (Wildman–Crippen MR) is 90.4 cm³/mol. The molecule has 0 aromatic carbocycles. The van der Waals surface area contributed by atoms with Gasteiger partial charge in [0, 0.05) is 6.54 Å². The average molecular weight is 296 g/mol. The molecule has 0 amide bonds. The van der Waals surface area contributed by atoms with E-state index >= 15 is 0 Å². The summed E-state index contributed by atoms with van der Waals surface area (Å²) in [6.45, 7) is 15.5. The summed E-state index contributed by atoms with van der Waals surface area (Å²) in [4.78, 5) is 2.70. The van der Waals surface area contributed by atoms with Gasteiger partial charge in [-0.2, -0.15) is 0 Å². The van der Waals surface area contributed by atoms with Crippen LogP contribution >= 0.6 is 0 Å². The lowest BCUT2D eigenvalue weighted by Crippen LogP contribution is -2.45. The minimum atomic E-state index is -0.401. The summed E-state index contributed by atoms with van der Waals surface area (Å²) in [7, 11) is 0. The van der Waals surface area contributed by atoms with Gasteiger partial charge in [-0.05, 0) is 81.7 Å². The Morgan fingerprint density at radius 3 is 2.10 bits per heavy atom. The van der Waals surface area contributed by atoms with Gasteiger partial charge in [0.25, 0.3) is 0 Å². The van der Waals surface area contributed by atoms with E-state index in [1.54, 1.807) is 0 Å². The van der Waals surface area contributed by atoms with Crippen LogP contribution in [0.25, 0.3) is 0 Å². The minimum absolute atomic E-state index is 0.390. The number of likely N-dealkylation sites (tertiary alicyclic amines) is 1. The van der Waals surface area contributed by atoms with Crippen LogP contribution in [0, 0.1) is 23.2 Å². The van der Waals surface area contributed by atoms with Gasteiger partial charge >= 0.3 is 0 Å². The monoisotopic (exact) mass is 295 g/mol. The van der Waals surface area contributed by atoms with E-state index in [-0.39, 0.29) is 0 Å². The molecule has 124 valence electrons. The van der Waals surface area contributed by atoms with Crippen LogP contribution in [0.3, 0.4) is 0 Å². The zero-order valence-electron chi connectivity index (χ0n) is 15.0. The zero-order chi connectivity index (χ0) is 15.7. The van der Waals surface area contributed by atoms with E-state index in [4.69, 9.17) is 0 Å². The fourth-order valence-corrected chi connectivity index (χ4v) is 4.50. The van der Waals surface area contributed by atoms with E-state index in [0.29, 0.717) is 5.41 Å². The van der Waals surface area contributed by atoms with Crippen LogP contribution in [0.15, 0.2) is 0 Å². The Morgan fingerprint density at radius 1 is 1.10 bits per heavy atom. The standard InChI is InChI=1S/C19H37NO/c1-15(2)16-8-12-20(13-9-16)14-18(3,4)17-6-10-19(5,21)11-7-17/h15-17,21H,6-14H2,1-5H3. The van der Waals surface area contributed by atoms with Crippen LogP contribution in [0.5, 0.6) is 0 Å². The van der Waals surface area contributed by atoms with Crippen LogP contribution in [0.4, 0.5) is 0 Å².